The number of anilines is 1. The van der Waals surface area contributed by atoms with E-state index < -0.39 is 0 Å². The molecule has 2 aromatic rings. The van der Waals surface area contributed by atoms with Gasteiger partial charge in [-0.15, -0.1) is 0 Å². The molecule has 0 saturated carbocycles. The SMILES string of the molecule is C=CC(=O)N1CCOC[C@H]1c1cc(Cl)cc(-c2ncc(OC)c(N)n2)c1. The van der Waals surface area contributed by atoms with Crippen LogP contribution < -0.4 is 10.5 Å². The molecule has 1 aromatic heterocycles. The molecule has 8 heteroatoms. The molecule has 26 heavy (non-hydrogen) atoms. The number of carbonyl (C=O) groups is 1. The quantitative estimate of drug-likeness (QED) is 0.827. The van der Waals surface area contributed by atoms with Crippen molar-refractivity contribution in [3.8, 4) is 17.1 Å². The van der Waals surface area contributed by atoms with Crippen LogP contribution in [0.3, 0.4) is 0 Å². The lowest BCUT2D eigenvalue weighted by molar-refractivity contribution is -0.134. The largest absolute Gasteiger partial charge is 0.491 e. The van der Waals surface area contributed by atoms with E-state index >= 15 is 0 Å². The van der Waals surface area contributed by atoms with Crippen LogP contribution in [0.25, 0.3) is 11.4 Å². The number of aromatic nitrogens is 2. The molecule has 0 bridgehead atoms. The monoisotopic (exact) mass is 374 g/mol. The standard InChI is InChI=1S/C18H19ClN4O3/c1-3-16(24)23-4-5-26-10-14(23)11-6-12(8-13(19)7-11)18-21-9-15(25-2)17(20)22-18/h3,6-9,14H,1,4-5,10H2,2H3,(H2,20,21,22)/t14-/m0/s1. The van der Waals surface area contributed by atoms with Crippen molar-refractivity contribution in [3.05, 3.63) is 47.6 Å². The van der Waals surface area contributed by atoms with Crippen molar-refractivity contribution in [3.63, 3.8) is 0 Å². The molecule has 1 aliphatic heterocycles. The third-order valence-electron chi connectivity index (χ3n) is 4.15. The van der Waals surface area contributed by atoms with Crippen molar-refractivity contribution in [2.75, 3.05) is 32.6 Å². The Morgan fingerprint density at radius 1 is 1.50 bits per heavy atom. The molecule has 1 aromatic carbocycles. The number of morpholine rings is 1. The van der Waals surface area contributed by atoms with E-state index in [1.165, 1.54) is 19.4 Å². The fourth-order valence-corrected chi connectivity index (χ4v) is 3.12. The summed E-state index contributed by atoms with van der Waals surface area (Å²) in [4.78, 5) is 22.4. The number of hydrogen-bond donors (Lipinski definition) is 1. The number of nitrogens with two attached hydrogens (primary N) is 1. The molecule has 0 spiro atoms. The Kier molecular flexibility index (Phi) is 5.39. The number of carbonyl (C=O) groups excluding carboxylic acids is 1. The zero-order chi connectivity index (χ0) is 18.7. The van der Waals surface area contributed by atoms with Gasteiger partial charge in [-0.05, 0) is 29.8 Å². The number of nitrogens with zero attached hydrogens (tertiary/aromatic N) is 3. The summed E-state index contributed by atoms with van der Waals surface area (Å²) in [5, 5.41) is 0.507. The van der Waals surface area contributed by atoms with E-state index in [-0.39, 0.29) is 17.8 Å². The minimum absolute atomic E-state index is 0.148. The van der Waals surface area contributed by atoms with E-state index in [0.717, 1.165) is 5.56 Å². The summed E-state index contributed by atoms with van der Waals surface area (Å²) in [6.07, 6.45) is 2.81. The normalized spacial score (nSPS) is 17.0. The van der Waals surface area contributed by atoms with E-state index in [9.17, 15) is 4.79 Å². The number of amides is 1. The van der Waals surface area contributed by atoms with E-state index in [4.69, 9.17) is 26.8 Å². The molecule has 2 heterocycles. The lowest BCUT2D eigenvalue weighted by atomic mass is 10.0. The number of ether oxygens (including phenoxy) is 2. The summed E-state index contributed by atoms with van der Waals surface area (Å²) in [6.45, 7) is 4.93. The van der Waals surface area contributed by atoms with Crippen LogP contribution in [0.2, 0.25) is 5.02 Å². The first-order valence-corrected chi connectivity index (χ1v) is 8.39. The highest BCUT2D eigenvalue weighted by atomic mass is 35.5. The molecule has 7 nitrogen and oxygen atoms in total. The number of rotatable bonds is 4. The van der Waals surface area contributed by atoms with Gasteiger partial charge in [-0.2, -0.15) is 0 Å². The summed E-state index contributed by atoms with van der Waals surface area (Å²) in [6, 6.07) is 5.17. The zero-order valence-electron chi connectivity index (χ0n) is 14.3. The molecule has 1 saturated heterocycles. The van der Waals surface area contributed by atoms with Gasteiger partial charge in [-0.3, -0.25) is 4.79 Å². The van der Waals surface area contributed by atoms with Crippen molar-refractivity contribution in [1.82, 2.24) is 14.9 Å². The van der Waals surface area contributed by atoms with Crippen LogP contribution >= 0.6 is 11.6 Å². The first kappa shape index (κ1) is 18.2. The second-order valence-corrected chi connectivity index (χ2v) is 6.18. The highest BCUT2D eigenvalue weighted by Gasteiger charge is 2.28. The number of benzene rings is 1. The van der Waals surface area contributed by atoms with Gasteiger partial charge in [0.15, 0.2) is 17.4 Å². The predicted octanol–water partition coefficient (Wildman–Crippen LogP) is 2.47. The molecule has 0 radical (unpaired) electrons. The van der Waals surface area contributed by atoms with E-state index in [1.807, 2.05) is 6.07 Å². The minimum Gasteiger partial charge on any atom is -0.491 e. The predicted molar refractivity (Wildman–Crippen MR) is 98.9 cm³/mol. The number of halogens is 1. The van der Waals surface area contributed by atoms with E-state index in [0.29, 0.717) is 41.9 Å². The summed E-state index contributed by atoms with van der Waals surface area (Å²) in [5.74, 6) is 0.915. The van der Waals surface area contributed by atoms with Gasteiger partial charge in [-0.1, -0.05) is 18.2 Å². The molecule has 3 rings (SSSR count). The third-order valence-corrected chi connectivity index (χ3v) is 4.37. The third kappa shape index (κ3) is 3.63. The van der Waals surface area contributed by atoms with Gasteiger partial charge in [0, 0.05) is 17.1 Å². The maximum absolute atomic E-state index is 12.2. The van der Waals surface area contributed by atoms with Crippen LogP contribution in [0.1, 0.15) is 11.6 Å². The molecule has 136 valence electrons. The van der Waals surface area contributed by atoms with Crippen molar-refractivity contribution in [2.45, 2.75) is 6.04 Å². The Morgan fingerprint density at radius 2 is 2.31 bits per heavy atom. The Bertz CT molecular complexity index is 843. The van der Waals surface area contributed by atoms with Gasteiger partial charge in [0.1, 0.15) is 0 Å². The van der Waals surface area contributed by atoms with Gasteiger partial charge >= 0.3 is 0 Å². The second kappa shape index (κ2) is 7.72. The first-order chi connectivity index (χ1) is 12.5. The highest BCUT2D eigenvalue weighted by Crippen LogP contribution is 2.31. The zero-order valence-corrected chi connectivity index (χ0v) is 15.1. The van der Waals surface area contributed by atoms with Crippen LogP contribution in [0.5, 0.6) is 5.75 Å². The Hall–Kier alpha value is -2.64. The average molecular weight is 375 g/mol. The molecular weight excluding hydrogens is 356 g/mol. The fourth-order valence-electron chi connectivity index (χ4n) is 2.88. The van der Waals surface area contributed by atoms with Crippen LogP contribution in [-0.2, 0) is 9.53 Å². The van der Waals surface area contributed by atoms with Crippen LogP contribution in [0, 0.1) is 0 Å². The number of hydrogen-bond acceptors (Lipinski definition) is 6. The molecule has 1 atom stereocenters. The van der Waals surface area contributed by atoms with Gasteiger partial charge in [-0.25, -0.2) is 9.97 Å². The summed E-state index contributed by atoms with van der Waals surface area (Å²) >= 11 is 6.30. The molecule has 1 amide bonds. The second-order valence-electron chi connectivity index (χ2n) is 5.75. The van der Waals surface area contributed by atoms with Gasteiger partial charge < -0.3 is 20.1 Å². The van der Waals surface area contributed by atoms with Crippen molar-refractivity contribution in [1.29, 1.82) is 0 Å². The van der Waals surface area contributed by atoms with E-state index in [2.05, 4.69) is 16.5 Å². The van der Waals surface area contributed by atoms with Crippen molar-refractivity contribution >= 4 is 23.3 Å². The smallest absolute Gasteiger partial charge is 0.246 e. The fraction of sp³-hybridized carbons (Fsp3) is 0.278. The molecule has 2 N–H and O–H groups in total. The van der Waals surface area contributed by atoms with Crippen LogP contribution in [0.4, 0.5) is 5.82 Å². The lowest BCUT2D eigenvalue weighted by Gasteiger charge is -2.35. The summed E-state index contributed by atoms with van der Waals surface area (Å²) in [7, 11) is 1.50. The number of methoxy groups -OCH3 is 1. The van der Waals surface area contributed by atoms with E-state index in [1.54, 1.807) is 17.0 Å². The Labute approximate surface area is 156 Å². The van der Waals surface area contributed by atoms with Gasteiger partial charge in [0.25, 0.3) is 0 Å². The molecule has 1 aliphatic rings. The van der Waals surface area contributed by atoms with Crippen molar-refractivity contribution in [2.24, 2.45) is 0 Å². The van der Waals surface area contributed by atoms with Crippen molar-refractivity contribution < 1.29 is 14.3 Å². The summed E-state index contributed by atoms with van der Waals surface area (Å²) in [5.41, 5.74) is 7.40. The topological polar surface area (TPSA) is 90.6 Å². The molecule has 0 aliphatic carbocycles. The average Bonchev–Trinajstić information content (AvgIpc) is 2.66. The molecule has 0 unspecified atom stereocenters. The first-order valence-electron chi connectivity index (χ1n) is 8.01. The van der Waals surface area contributed by atoms with Crippen LogP contribution in [0.15, 0.2) is 37.1 Å². The molecule has 1 fully saturated rings. The van der Waals surface area contributed by atoms with Gasteiger partial charge in [0.2, 0.25) is 5.91 Å². The highest BCUT2D eigenvalue weighted by molar-refractivity contribution is 6.31. The van der Waals surface area contributed by atoms with Gasteiger partial charge in [0.05, 0.1) is 32.6 Å². The Morgan fingerprint density at radius 3 is 3.00 bits per heavy atom. The molecular formula is C18H19ClN4O3. The van der Waals surface area contributed by atoms with Crippen LogP contribution in [-0.4, -0.2) is 47.6 Å². The maximum Gasteiger partial charge on any atom is 0.246 e. The summed E-state index contributed by atoms with van der Waals surface area (Å²) < 4.78 is 10.6. The maximum atomic E-state index is 12.2. The number of nitrogen functional groups attached to an aromatic ring is 1. The Balaban J connectivity index is 2.00. The lowest BCUT2D eigenvalue weighted by Crippen LogP contribution is -2.42. The minimum atomic E-state index is -0.262.